The first kappa shape index (κ1) is 22.3. The first-order valence-corrected chi connectivity index (χ1v) is 9.79. The summed E-state index contributed by atoms with van der Waals surface area (Å²) in [5.74, 6) is 0.801. The largest absolute Gasteiger partial charge is 0.481 e. The lowest BCUT2D eigenvalue weighted by Gasteiger charge is -2.20. The maximum Gasteiger partial charge on any atom is 0.261 e. The molecule has 0 radical (unpaired) electrons. The number of hydrogen-bond donors (Lipinski definition) is 2. The van der Waals surface area contributed by atoms with Crippen LogP contribution in [0, 0.1) is 13.8 Å². The second kappa shape index (κ2) is 10.5. The van der Waals surface area contributed by atoms with Gasteiger partial charge in [-0.1, -0.05) is 35.4 Å². The van der Waals surface area contributed by atoms with E-state index in [0.29, 0.717) is 18.0 Å². The molecule has 2 aromatic rings. The SMILES string of the molecule is Cc1ccc(O[C@H](C)C(=O)NC[C@H](C)NC(=O)[C@@H](C)Oc2ccc(C)cc2)cc1. The molecule has 0 aromatic heterocycles. The molecule has 29 heavy (non-hydrogen) atoms. The van der Waals surface area contributed by atoms with Crippen LogP contribution < -0.4 is 20.1 Å². The third kappa shape index (κ3) is 7.49. The van der Waals surface area contributed by atoms with E-state index in [1.807, 2.05) is 69.3 Å². The van der Waals surface area contributed by atoms with Gasteiger partial charge in [-0.3, -0.25) is 9.59 Å². The van der Waals surface area contributed by atoms with Gasteiger partial charge in [0.25, 0.3) is 11.8 Å². The lowest BCUT2D eigenvalue weighted by molar-refractivity contribution is -0.129. The molecule has 156 valence electrons. The molecule has 6 heteroatoms. The monoisotopic (exact) mass is 398 g/mol. The maximum atomic E-state index is 12.3. The van der Waals surface area contributed by atoms with E-state index >= 15 is 0 Å². The molecule has 0 aliphatic rings. The fourth-order valence-electron chi connectivity index (χ4n) is 2.56. The molecule has 0 fully saturated rings. The van der Waals surface area contributed by atoms with Gasteiger partial charge in [-0.15, -0.1) is 0 Å². The van der Waals surface area contributed by atoms with Crippen molar-refractivity contribution in [1.29, 1.82) is 0 Å². The number of rotatable bonds is 9. The minimum Gasteiger partial charge on any atom is -0.481 e. The number of ether oxygens (including phenoxy) is 2. The van der Waals surface area contributed by atoms with Crippen LogP contribution in [0.1, 0.15) is 31.9 Å². The summed E-state index contributed by atoms with van der Waals surface area (Å²) in [7, 11) is 0. The van der Waals surface area contributed by atoms with Crippen molar-refractivity contribution in [3.8, 4) is 11.5 Å². The molecule has 0 saturated heterocycles. The van der Waals surface area contributed by atoms with Gasteiger partial charge in [-0.2, -0.15) is 0 Å². The van der Waals surface area contributed by atoms with Crippen LogP contribution in [0.3, 0.4) is 0 Å². The van der Waals surface area contributed by atoms with Crippen LogP contribution in [0.5, 0.6) is 11.5 Å². The third-order valence-corrected chi connectivity index (χ3v) is 4.38. The van der Waals surface area contributed by atoms with Crippen LogP contribution in [0.25, 0.3) is 0 Å². The standard InChI is InChI=1S/C23H30N2O4/c1-15-6-10-20(11-7-15)28-18(4)22(26)24-14-17(3)25-23(27)19(5)29-21-12-8-16(2)9-13-21/h6-13,17-19H,14H2,1-5H3,(H,24,26)(H,25,27)/t17-,18+,19+/m0/s1. The molecule has 2 rings (SSSR count). The van der Waals surface area contributed by atoms with Gasteiger partial charge in [-0.25, -0.2) is 0 Å². The van der Waals surface area contributed by atoms with Gasteiger partial charge in [0.05, 0.1) is 0 Å². The summed E-state index contributed by atoms with van der Waals surface area (Å²) in [6.45, 7) is 9.48. The number of carbonyl (C=O) groups is 2. The van der Waals surface area contributed by atoms with Crippen LogP contribution >= 0.6 is 0 Å². The lowest BCUT2D eigenvalue weighted by Crippen LogP contribution is -2.48. The summed E-state index contributed by atoms with van der Waals surface area (Å²) < 4.78 is 11.3. The van der Waals surface area contributed by atoms with Crippen molar-refractivity contribution in [1.82, 2.24) is 10.6 Å². The van der Waals surface area contributed by atoms with Gasteiger partial charge in [0, 0.05) is 12.6 Å². The van der Waals surface area contributed by atoms with E-state index < -0.39 is 12.2 Å². The van der Waals surface area contributed by atoms with Gasteiger partial charge >= 0.3 is 0 Å². The zero-order valence-corrected chi connectivity index (χ0v) is 17.7. The Kier molecular flexibility index (Phi) is 8.07. The normalized spacial score (nSPS) is 13.7. The summed E-state index contributed by atoms with van der Waals surface area (Å²) >= 11 is 0. The van der Waals surface area contributed by atoms with Crippen LogP contribution in [-0.4, -0.2) is 36.6 Å². The molecule has 2 aromatic carbocycles. The van der Waals surface area contributed by atoms with Crippen molar-refractivity contribution in [3.63, 3.8) is 0 Å². The molecule has 0 aliphatic heterocycles. The predicted octanol–water partition coefficient (Wildman–Crippen LogP) is 3.16. The fraction of sp³-hybridized carbons (Fsp3) is 0.391. The van der Waals surface area contributed by atoms with Crippen molar-refractivity contribution < 1.29 is 19.1 Å². The van der Waals surface area contributed by atoms with Crippen molar-refractivity contribution in [2.24, 2.45) is 0 Å². The summed E-state index contributed by atoms with van der Waals surface area (Å²) in [5, 5.41) is 5.64. The van der Waals surface area contributed by atoms with Crippen molar-refractivity contribution in [2.45, 2.75) is 52.9 Å². The zero-order valence-electron chi connectivity index (χ0n) is 17.7. The number of amides is 2. The van der Waals surface area contributed by atoms with Crippen molar-refractivity contribution >= 4 is 11.8 Å². The van der Waals surface area contributed by atoms with E-state index in [-0.39, 0.29) is 17.9 Å². The van der Waals surface area contributed by atoms with Gasteiger partial charge in [0.1, 0.15) is 11.5 Å². The Bertz CT molecular complexity index is 803. The van der Waals surface area contributed by atoms with E-state index in [9.17, 15) is 9.59 Å². The Balaban J connectivity index is 1.73. The number of benzene rings is 2. The van der Waals surface area contributed by atoms with Crippen LogP contribution in [-0.2, 0) is 9.59 Å². The fourth-order valence-corrected chi connectivity index (χ4v) is 2.56. The number of carbonyl (C=O) groups excluding carboxylic acids is 2. The summed E-state index contributed by atoms with van der Waals surface area (Å²) in [6, 6.07) is 14.8. The van der Waals surface area contributed by atoms with Crippen molar-refractivity contribution in [3.05, 3.63) is 59.7 Å². The molecular formula is C23H30N2O4. The Morgan fingerprint density at radius 3 is 1.62 bits per heavy atom. The van der Waals surface area contributed by atoms with E-state index in [0.717, 1.165) is 11.1 Å². The smallest absolute Gasteiger partial charge is 0.261 e. The van der Waals surface area contributed by atoms with Gasteiger partial charge in [0.2, 0.25) is 0 Å². The van der Waals surface area contributed by atoms with Gasteiger partial charge < -0.3 is 20.1 Å². The molecule has 0 aliphatic carbocycles. The maximum absolute atomic E-state index is 12.3. The highest BCUT2D eigenvalue weighted by Gasteiger charge is 2.19. The van der Waals surface area contributed by atoms with E-state index in [2.05, 4.69) is 10.6 Å². The van der Waals surface area contributed by atoms with Gasteiger partial charge in [-0.05, 0) is 58.9 Å². The Labute approximate surface area is 172 Å². The highest BCUT2D eigenvalue weighted by molar-refractivity contribution is 5.82. The molecule has 2 N–H and O–H groups in total. The molecule has 0 spiro atoms. The third-order valence-electron chi connectivity index (χ3n) is 4.38. The highest BCUT2D eigenvalue weighted by Crippen LogP contribution is 2.14. The first-order valence-electron chi connectivity index (χ1n) is 9.79. The van der Waals surface area contributed by atoms with E-state index in [1.54, 1.807) is 13.8 Å². The topological polar surface area (TPSA) is 76.7 Å². The average Bonchev–Trinajstić information content (AvgIpc) is 2.69. The van der Waals surface area contributed by atoms with E-state index in [4.69, 9.17) is 9.47 Å². The molecule has 6 nitrogen and oxygen atoms in total. The molecule has 0 saturated carbocycles. The molecule has 0 unspecified atom stereocenters. The molecule has 2 amide bonds. The number of hydrogen-bond acceptors (Lipinski definition) is 4. The summed E-state index contributed by atoms with van der Waals surface area (Å²) in [6.07, 6.45) is -1.27. The molecule has 3 atom stereocenters. The first-order chi connectivity index (χ1) is 13.7. The second-order valence-electron chi connectivity index (χ2n) is 7.30. The number of nitrogens with one attached hydrogen (secondary N) is 2. The van der Waals surface area contributed by atoms with Crippen LogP contribution in [0.15, 0.2) is 48.5 Å². The Hall–Kier alpha value is -3.02. The average molecular weight is 399 g/mol. The second-order valence-corrected chi connectivity index (χ2v) is 7.30. The minimum atomic E-state index is -0.639. The summed E-state index contributed by atoms with van der Waals surface area (Å²) in [5.41, 5.74) is 2.25. The Morgan fingerprint density at radius 2 is 1.17 bits per heavy atom. The van der Waals surface area contributed by atoms with Crippen LogP contribution in [0.4, 0.5) is 0 Å². The molecule has 0 bridgehead atoms. The zero-order chi connectivity index (χ0) is 21.4. The predicted molar refractivity (Wildman–Crippen MR) is 113 cm³/mol. The number of aryl methyl sites for hydroxylation is 2. The Morgan fingerprint density at radius 1 is 0.759 bits per heavy atom. The highest BCUT2D eigenvalue weighted by atomic mass is 16.5. The van der Waals surface area contributed by atoms with Crippen LogP contribution in [0.2, 0.25) is 0 Å². The minimum absolute atomic E-state index is 0.240. The summed E-state index contributed by atoms with van der Waals surface area (Å²) in [4.78, 5) is 24.5. The van der Waals surface area contributed by atoms with Gasteiger partial charge in [0.15, 0.2) is 12.2 Å². The molecule has 0 heterocycles. The lowest BCUT2D eigenvalue weighted by atomic mass is 10.2. The van der Waals surface area contributed by atoms with E-state index in [1.165, 1.54) is 0 Å². The molecular weight excluding hydrogens is 368 g/mol. The van der Waals surface area contributed by atoms with Crippen molar-refractivity contribution in [2.75, 3.05) is 6.54 Å². The quantitative estimate of drug-likeness (QED) is 0.680.